The molecule has 5 nitrogen and oxygen atoms in total. The molecule has 0 spiro atoms. The van der Waals surface area contributed by atoms with Gasteiger partial charge in [-0.05, 0) is 35.4 Å². The number of para-hydroxylation sites is 3. The molecule has 0 radical (unpaired) electrons. The van der Waals surface area contributed by atoms with Gasteiger partial charge in [0.25, 0.3) is 5.91 Å². The van der Waals surface area contributed by atoms with Gasteiger partial charge in [-0.15, -0.1) is 0 Å². The highest BCUT2D eigenvalue weighted by molar-refractivity contribution is 6.67. The summed E-state index contributed by atoms with van der Waals surface area (Å²) in [5.74, 6) is -0.341. The summed E-state index contributed by atoms with van der Waals surface area (Å²) in [7, 11) is 0. The molecule has 3 aromatic carbocycles. The fourth-order valence-electron chi connectivity index (χ4n) is 4.31. The number of fused-ring (bicyclic) bond motifs is 1. The molecule has 3 aromatic rings. The van der Waals surface area contributed by atoms with E-state index in [0.29, 0.717) is 40.6 Å². The van der Waals surface area contributed by atoms with Crippen LogP contribution in [0.2, 0.25) is 0 Å². The monoisotopic (exact) mass is 450 g/mol. The number of anilines is 1. The topological polar surface area (TPSA) is 68.8 Å². The number of nitriles is 1. The Morgan fingerprint density at radius 1 is 0.879 bits per heavy atom. The van der Waals surface area contributed by atoms with Crippen molar-refractivity contribution in [3.8, 4) is 6.07 Å². The summed E-state index contributed by atoms with van der Waals surface area (Å²) in [6.45, 7) is 0. The Morgan fingerprint density at radius 3 is 2.15 bits per heavy atom. The van der Waals surface area contributed by atoms with Crippen molar-refractivity contribution in [3.05, 3.63) is 96.1 Å². The maximum Gasteiger partial charge on any atom is 0.269 e. The van der Waals surface area contributed by atoms with Crippen LogP contribution in [0.15, 0.2) is 100 Å². The van der Waals surface area contributed by atoms with Crippen molar-refractivity contribution in [2.24, 2.45) is 9.98 Å². The number of hydrogen-bond acceptors (Lipinski definition) is 4. The van der Waals surface area contributed by atoms with Crippen LogP contribution in [-0.4, -0.2) is 22.8 Å². The van der Waals surface area contributed by atoms with Crippen LogP contribution in [0.25, 0.3) is 5.57 Å². The third-order valence-electron chi connectivity index (χ3n) is 5.81. The summed E-state index contributed by atoms with van der Waals surface area (Å²) in [5.41, 5.74) is 4.57. The first-order valence-corrected chi connectivity index (χ1v) is 11.0. The van der Waals surface area contributed by atoms with Gasteiger partial charge in [0.2, 0.25) is 0 Å². The second-order valence-corrected chi connectivity index (χ2v) is 8.25. The molecule has 2 aliphatic heterocycles. The Balaban J connectivity index is 1.70. The molecule has 1 unspecified atom stereocenters. The lowest BCUT2D eigenvalue weighted by Gasteiger charge is -2.37. The normalized spacial score (nSPS) is 18.1. The first-order chi connectivity index (χ1) is 16.2. The van der Waals surface area contributed by atoms with E-state index in [2.05, 4.69) is 11.1 Å². The maximum atomic E-state index is 13.7. The van der Waals surface area contributed by atoms with Gasteiger partial charge in [-0.2, -0.15) is 5.26 Å². The van der Waals surface area contributed by atoms with E-state index in [1.165, 1.54) is 0 Å². The number of rotatable bonds is 3. The molecule has 2 heterocycles. The van der Waals surface area contributed by atoms with Gasteiger partial charge in [0.15, 0.2) is 0 Å². The van der Waals surface area contributed by atoms with E-state index in [0.717, 1.165) is 11.3 Å². The summed E-state index contributed by atoms with van der Waals surface area (Å²) in [6, 6.07) is 28.3. The predicted octanol–water partition coefficient (Wildman–Crippen LogP) is 6.21. The van der Waals surface area contributed by atoms with Gasteiger partial charge >= 0.3 is 0 Å². The number of hydrogen-bond donors (Lipinski definition) is 0. The first kappa shape index (κ1) is 20.9. The van der Waals surface area contributed by atoms with Gasteiger partial charge in [0.05, 0.1) is 17.4 Å². The highest BCUT2D eigenvalue weighted by Gasteiger charge is 2.39. The fraction of sp³-hybridized carbons (Fsp3) is 0.111. The first-order valence-electron chi connectivity index (χ1n) is 10.6. The van der Waals surface area contributed by atoms with Crippen LogP contribution in [0, 0.1) is 11.3 Å². The lowest BCUT2D eigenvalue weighted by atomic mass is 9.86. The van der Waals surface area contributed by atoms with Crippen molar-refractivity contribution in [1.29, 1.82) is 5.26 Å². The third-order valence-corrected chi connectivity index (χ3v) is 6.03. The van der Waals surface area contributed by atoms with E-state index in [4.69, 9.17) is 16.6 Å². The van der Waals surface area contributed by atoms with Crippen LogP contribution in [0.5, 0.6) is 0 Å². The molecule has 1 amide bonds. The van der Waals surface area contributed by atoms with Crippen LogP contribution in [0.3, 0.4) is 0 Å². The van der Waals surface area contributed by atoms with Gasteiger partial charge in [-0.25, -0.2) is 4.99 Å². The van der Waals surface area contributed by atoms with E-state index >= 15 is 0 Å². The van der Waals surface area contributed by atoms with E-state index in [1.54, 1.807) is 4.90 Å². The predicted molar refractivity (Wildman–Crippen MR) is 132 cm³/mol. The van der Waals surface area contributed by atoms with Crippen LogP contribution >= 0.6 is 11.6 Å². The van der Waals surface area contributed by atoms with E-state index in [1.807, 2.05) is 84.9 Å². The van der Waals surface area contributed by atoms with Crippen LogP contribution in [0.1, 0.15) is 18.4 Å². The van der Waals surface area contributed by atoms with E-state index < -0.39 is 6.04 Å². The molecule has 0 aromatic heterocycles. The molecule has 33 heavy (non-hydrogen) atoms. The van der Waals surface area contributed by atoms with Crippen LogP contribution in [0.4, 0.5) is 17.1 Å². The number of nitrogens with zero attached hydrogens (tertiary/aromatic N) is 4. The third kappa shape index (κ3) is 3.97. The average molecular weight is 451 g/mol. The van der Waals surface area contributed by atoms with Crippen LogP contribution < -0.4 is 4.90 Å². The van der Waals surface area contributed by atoms with E-state index in [-0.39, 0.29) is 11.5 Å². The average Bonchev–Trinajstić information content (AvgIpc) is 3.02. The van der Waals surface area contributed by atoms with Crippen molar-refractivity contribution in [2.45, 2.75) is 18.9 Å². The van der Waals surface area contributed by atoms with Gasteiger partial charge < -0.3 is 0 Å². The van der Waals surface area contributed by atoms with Gasteiger partial charge in [-0.3, -0.25) is 14.7 Å². The zero-order valence-electron chi connectivity index (χ0n) is 17.6. The quantitative estimate of drug-likeness (QED) is 0.475. The molecule has 0 N–H and O–H groups in total. The minimum atomic E-state index is -0.415. The Kier molecular flexibility index (Phi) is 5.60. The van der Waals surface area contributed by atoms with Gasteiger partial charge in [-0.1, -0.05) is 72.3 Å². The molecule has 0 saturated carbocycles. The minimum Gasteiger partial charge on any atom is -0.299 e. The second-order valence-electron chi connectivity index (χ2n) is 7.82. The molecule has 0 saturated heterocycles. The summed E-state index contributed by atoms with van der Waals surface area (Å²) in [5, 5.41) is 10.4. The number of carbonyl (C=O) groups excluding carboxylic acids is 1. The molecular weight excluding hydrogens is 432 g/mol. The summed E-state index contributed by atoms with van der Waals surface area (Å²) < 4.78 is 0. The van der Waals surface area contributed by atoms with Crippen molar-refractivity contribution in [1.82, 2.24) is 0 Å². The molecule has 0 bridgehead atoms. The van der Waals surface area contributed by atoms with Crippen molar-refractivity contribution in [3.63, 3.8) is 0 Å². The molecule has 160 valence electrons. The second kappa shape index (κ2) is 8.85. The van der Waals surface area contributed by atoms with E-state index in [9.17, 15) is 10.1 Å². The number of halogens is 1. The lowest BCUT2D eigenvalue weighted by Crippen LogP contribution is -2.49. The largest absolute Gasteiger partial charge is 0.299 e. The highest BCUT2D eigenvalue weighted by Crippen LogP contribution is 2.38. The Morgan fingerprint density at radius 2 is 1.48 bits per heavy atom. The van der Waals surface area contributed by atoms with Crippen LogP contribution in [-0.2, 0) is 4.79 Å². The molecule has 1 atom stereocenters. The minimum absolute atomic E-state index is 0.149. The molecule has 0 fully saturated rings. The summed E-state index contributed by atoms with van der Waals surface area (Å²) >= 11 is 6.50. The Bertz CT molecular complexity index is 1350. The standard InChI is InChI=1S/C27H19ClN4O/c28-26-16-24(30-22-13-7-8-14-23(22)31-26)25-15-20(18-9-3-1-4-10-18)21(17-29)27(33)32(25)19-11-5-2-6-12-19/h1-14,25H,15-16H2. The van der Waals surface area contributed by atoms with Crippen molar-refractivity contribution in [2.75, 3.05) is 4.90 Å². The molecule has 5 rings (SSSR count). The number of aliphatic imine (C=N–C) groups is 2. The SMILES string of the molecule is N#CC1=C(c2ccccc2)CC(C2=Nc3ccccc3N=C(Cl)C2)N(c2ccccc2)C1=O. The number of carbonyl (C=O) groups is 1. The maximum absolute atomic E-state index is 13.7. The smallest absolute Gasteiger partial charge is 0.269 e. The van der Waals surface area contributed by atoms with Crippen molar-refractivity contribution < 1.29 is 4.79 Å². The summed E-state index contributed by atoms with van der Waals surface area (Å²) in [6.07, 6.45) is 0.764. The lowest BCUT2D eigenvalue weighted by molar-refractivity contribution is -0.115. The zero-order chi connectivity index (χ0) is 22.8. The zero-order valence-corrected chi connectivity index (χ0v) is 18.4. The molecule has 2 aliphatic rings. The molecule has 0 aliphatic carbocycles. The van der Waals surface area contributed by atoms with Gasteiger partial charge in [0, 0.05) is 24.2 Å². The summed E-state index contributed by atoms with van der Waals surface area (Å²) in [4.78, 5) is 24.8. The Hall–Kier alpha value is -4.01. The van der Waals surface area contributed by atoms with Gasteiger partial charge in [0.1, 0.15) is 16.8 Å². The molecular formula is C27H19ClN4O. The Labute approximate surface area is 197 Å². The van der Waals surface area contributed by atoms with Crippen molar-refractivity contribution >= 4 is 51.0 Å². The molecule has 6 heteroatoms. The number of amides is 1. The number of benzene rings is 3. The fourth-order valence-corrected chi connectivity index (χ4v) is 4.53. The highest BCUT2D eigenvalue weighted by atomic mass is 35.5.